The fourth-order valence-corrected chi connectivity index (χ4v) is 3.57. The number of carbonyl (C=O) groups is 1. The van der Waals surface area contributed by atoms with Gasteiger partial charge < -0.3 is 9.73 Å². The minimum atomic E-state index is -0.181. The van der Waals surface area contributed by atoms with E-state index >= 15 is 0 Å². The number of hydrogen-bond donors (Lipinski definition) is 1. The van der Waals surface area contributed by atoms with E-state index in [2.05, 4.69) is 39.2 Å². The largest absolute Gasteiger partial charge is 0.435 e. The zero-order valence-electron chi connectivity index (χ0n) is 15.9. The number of amides is 1. The van der Waals surface area contributed by atoms with Gasteiger partial charge >= 0.3 is 0 Å². The van der Waals surface area contributed by atoms with Crippen molar-refractivity contribution in [3.63, 3.8) is 0 Å². The van der Waals surface area contributed by atoms with Crippen molar-refractivity contribution in [3.05, 3.63) is 88.4 Å². The van der Waals surface area contributed by atoms with Gasteiger partial charge in [-0.1, -0.05) is 37.3 Å². The van der Waals surface area contributed by atoms with Gasteiger partial charge in [0.2, 0.25) is 11.8 Å². The zero-order chi connectivity index (χ0) is 20.2. The number of nitrogens with zero attached hydrogens (tertiary/aromatic N) is 1. The first-order valence-electron chi connectivity index (χ1n) is 9.36. The molecule has 4 aromatic rings. The van der Waals surface area contributed by atoms with E-state index < -0.39 is 0 Å². The number of anilines is 1. The molecule has 0 bridgehead atoms. The van der Waals surface area contributed by atoms with Crippen LogP contribution in [0.15, 0.2) is 81.7 Å². The highest BCUT2D eigenvalue weighted by Gasteiger charge is 2.12. The van der Waals surface area contributed by atoms with Gasteiger partial charge in [-0.15, -0.1) is 0 Å². The van der Waals surface area contributed by atoms with Gasteiger partial charge in [0.05, 0.1) is 4.47 Å². The van der Waals surface area contributed by atoms with Crippen LogP contribution in [-0.4, -0.2) is 10.9 Å². The molecule has 29 heavy (non-hydrogen) atoms. The maximum Gasteiger partial charge on any atom is 0.248 e. The number of rotatable bonds is 5. The van der Waals surface area contributed by atoms with Crippen LogP contribution in [0.5, 0.6) is 0 Å². The summed E-state index contributed by atoms with van der Waals surface area (Å²) in [4.78, 5) is 16.7. The Balaban J connectivity index is 1.49. The predicted octanol–water partition coefficient (Wildman–Crippen LogP) is 6.47. The Kier molecular flexibility index (Phi) is 5.58. The predicted molar refractivity (Wildman–Crippen MR) is 121 cm³/mol. The summed E-state index contributed by atoms with van der Waals surface area (Å²) in [6.45, 7) is 2.11. The van der Waals surface area contributed by atoms with Crippen LogP contribution >= 0.6 is 15.9 Å². The van der Waals surface area contributed by atoms with Crippen molar-refractivity contribution >= 4 is 44.7 Å². The van der Waals surface area contributed by atoms with Crippen molar-refractivity contribution < 1.29 is 9.21 Å². The first kappa shape index (κ1) is 19.2. The number of halogens is 1. The van der Waals surface area contributed by atoms with Crippen LogP contribution in [0.2, 0.25) is 0 Å². The van der Waals surface area contributed by atoms with Gasteiger partial charge in [-0.3, -0.25) is 4.79 Å². The second-order valence-corrected chi connectivity index (χ2v) is 7.46. The maximum atomic E-state index is 12.1. The normalized spacial score (nSPS) is 11.2. The van der Waals surface area contributed by atoms with E-state index in [-0.39, 0.29) is 5.91 Å². The van der Waals surface area contributed by atoms with Gasteiger partial charge in [-0.2, -0.15) is 0 Å². The summed E-state index contributed by atoms with van der Waals surface area (Å²) in [5.41, 5.74) is 5.30. The van der Waals surface area contributed by atoms with E-state index in [1.165, 1.54) is 11.6 Å². The van der Waals surface area contributed by atoms with E-state index in [1.54, 1.807) is 6.08 Å². The average molecular weight is 447 g/mol. The first-order valence-corrected chi connectivity index (χ1v) is 10.1. The second kappa shape index (κ2) is 8.45. The van der Waals surface area contributed by atoms with Crippen molar-refractivity contribution in [2.45, 2.75) is 13.3 Å². The molecule has 0 aliphatic carbocycles. The van der Waals surface area contributed by atoms with E-state index in [0.29, 0.717) is 11.6 Å². The van der Waals surface area contributed by atoms with Crippen LogP contribution in [-0.2, 0) is 11.2 Å². The van der Waals surface area contributed by atoms with Gasteiger partial charge in [0.25, 0.3) is 0 Å². The van der Waals surface area contributed by atoms with Crippen LogP contribution in [0.3, 0.4) is 0 Å². The van der Waals surface area contributed by atoms with Crippen molar-refractivity contribution in [1.82, 2.24) is 4.98 Å². The van der Waals surface area contributed by atoms with E-state index in [1.807, 2.05) is 60.7 Å². The topological polar surface area (TPSA) is 55.1 Å². The van der Waals surface area contributed by atoms with Gasteiger partial charge in [0.1, 0.15) is 5.52 Å². The average Bonchev–Trinajstić information content (AvgIpc) is 3.18. The molecule has 0 saturated heterocycles. The standard InChI is InChI=1S/C24H19BrN2O2/c1-2-16-14-20(25)23-21(15-16)27-24(29-23)18-9-11-19(12-10-18)26-22(28)13-8-17-6-4-3-5-7-17/h3-15H,2H2,1H3,(H,26,28)/b13-8+. The van der Waals surface area contributed by atoms with Gasteiger partial charge in [-0.25, -0.2) is 4.98 Å². The quantitative estimate of drug-likeness (QED) is 0.357. The van der Waals surface area contributed by atoms with Crippen LogP contribution in [0.1, 0.15) is 18.1 Å². The molecule has 0 saturated carbocycles. The summed E-state index contributed by atoms with van der Waals surface area (Å²) in [5, 5.41) is 2.86. The molecule has 1 aromatic heterocycles. The second-order valence-electron chi connectivity index (χ2n) is 6.61. The van der Waals surface area contributed by atoms with E-state index in [0.717, 1.165) is 33.1 Å². The third-order valence-corrected chi connectivity index (χ3v) is 5.13. The third kappa shape index (κ3) is 4.46. The van der Waals surface area contributed by atoms with Crippen molar-refractivity contribution in [2.75, 3.05) is 5.32 Å². The number of aromatic nitrogens is 1. The molecular formula is C24H19BrN2O2. The number of aryl methyl sites for hydroxylation is 1. The molecule has 5 heteroatoms. The number of oxazole rings is 1. The highest BCUT2D eigenvalue weighted by molar-refractivity contribution is 9.10. The van der Waals surface area contributed by atoms with Crippen molar-refractivity contribution in [2.24, 2.45) is 0 Å². The van der Waals surface area contributed by atoms with Crippen molar-refractivity contribution in [3.8, 4) is 11.5 Å². The summed E-state index contributed by atoms with van der Waals surface area (Å²) >= 11 is 3.56. The summed E-state index contributed by atoms with van der Waals surface area (Å²) < 4.78 is 6.84. The third-order valence-electron chi connectivity index (χ3n) is 4.54. The Bertz CT molecular complexity index is 1180. The smallest absolute Gasteiger partial charge is 0.248 e. The molecule has 4 rings (SSSR count). The summed E-state index contributed by atoms with van der Waals surface area (Å²) in [5.74, 6) is 0.371. The summed E-state index contributed by atoms with van der Waals surface area (Å²) in [6.07, 6.45) is 4.24. The van der Waals surface area contributed by atoms with Gasteiger partial charge in [0, 0.05) is 17.3 Å². The van der Waals surface area contributed by atoms with Crippen LogP contribution in [0.4, 0.5) is 5.69 Å². The SMILES string of the molecule is CCc1cc(Br)c2oc(-c3ccc(NC(=O)/C=C/c4ccccc4)cc3)nc2c1. The molecule has 4 nitrogen and oxygen atoms in total. The van der Waals surface area contributed by atoms with Crippen LogP contribution in [0.25, 0.3) is 28.6 Å². The number of nitrogens with one attached hydrogen (secondary N) is 1. The van der Waals surface area contributed by atoms with Crippen LogP contribution in [0, 0.1) is 0 Å². The zero-order valence-corrected chi connectivity index (χ0v) is 17.4. The molecule has 0 aliphatic rings. The Morgan fingerprint density at radius 3 is 2.59 bits per heavy atom. The number of carbonyl (C=O) groups excluding carboxylic acids is 1. The summed E-state index contributed by atoms with van der Waals surface area (Å²) in [7, 11) is 0. The molecule has 0 radical (unpaired) electrons. The van der Waals surface area contributed by atoms with E-state index in [9.17, 15) is 4.79 Å². The molecule has 1 amide bonds. The Morgan fingerprint density at radius 2 is 1.86 bits per heavy atom. The minimum absolute atomic E-state index is 0.181. The summed E-state index contributed by atoms with van der Waals surface area (Å²) in [6, 6.07) is 21.2. The highest BCUT2D eigenvalue weighted by Crippen LogP contribution is 2.31. The van der Waals surface area contributed by atoms with Gasteiger partial charge in [-0.05, 0) is 76.0 Å². The lowest BCUT2D eigenvalue weighted by molar-refractivity contribution is -0.111. The lowest BCUT2D eigenvalue weighted by Crippen LogP contribution is -2.07. The van der Waals surface area contributed by atoms with Gasteiger partial charge in [0.15, 0.2) is 5.58 Å². The molecule has 144 valence electrons. The first-order chi connectivity index (χ1) is 14.1. The lowest BCUT2D eigenvalue weighted by atomic mass is 10.1. The minimum Gasteiger partial charge on any atom is -0.435 e. The highest BCUT2D eigenvalue weighted by atomic mass is 79.9. The molecule has 0 fully saturated rings. The van der Waals surface area contributed by atoms with Crippen molar-refractivity contribution in [1.29, 1.82) is 0 Å². The molecule has 0 unspecified atom stereocenters. The lowest BCUT2D eigenvalue weighted by Gasteiger charge is -2.03. The molecule has 0 spiro atoms. The molecule has 0 atom stereocenters. The fourth-order valence-electron chi connectivity index (χ4n) is 2.99. The Morgan fingerprint density at radius 1 is 1.10 bits per heavy atom. The number of hydrogen-bond acceptors (Lipinski definition) is 3. The molecule has 0 aliphatic heterocycles. The number of benzene rings is 3. The van der Waals surface area contributed by atoms with Crippen LogP contribution < -0.4 is 5.32 Å². The molecule has 1 N–H and O–H groups in total. The molecule has 3 aromatic carbocycles. The number of fused-ring (bicyclic) bond motifs is 1. The Hall–Kier alpha value is -3.18. The maximum absolute atomic E-state index is 12.1. The Labute approximate surface area is 177 Å². The van der Waals surface area contributed by atoms with E-state index in [4.69, 9.17) is 4.42 Å². The molecular weight excluding hydrogens is 428 g/mol. The molecule has 1 heterocycles. The fraction of sp³-hybridized carbons (Fsp3) is 0.0833. The monoisotopic (exact) mass is 446 g/mol.